The largest absolute Gasteiger partial charge is 0.390 e. The third-order valence-corrected chi connectivity index (χ3v) is 9.42. The summed E-state index contributed by atoms with van der Waals surface area (Å²) >= 11 is 0. The Kier molecular flexibility index (Phi) is 4.35. The second-order valence-corrected chi connectivity index (χ2v) is 10.1. The number of carbonyl (C=O) groups excluding carboxylic acids is 1. The van der Waals surface area contributed by atoms with Gasteiger partial charge in [-0.2, -0.15) is 0 Å². The minimum absolute atomic E-state index is 0.0121. The van der Waals surface area contributed by atoms with Gasteiger partial charge in [-0.25, -0.2) is 0 Å². The molecule has 4 rings (SSSR count). The molecule has 4 aliphatic carbocycles. The topological polar surface area (TPSA) is 46.5 Å². The van der Waals surface area contributed by atoms with Crippen LogP contribution in [0.2, 0.25) is 0 Å². The smallest absolute Gasteiger partial charge is 0.136 e. The fourth-order valence-corrected chi connectivity index (χ4v) is 8.08. The Morgan fingerprint density at radius 3 is 2.60 bits per heavy atom. The number of fused-ring (bicyclic) bond motifs is 5. The van der Waals surface area contributed by atoms with Crippen LogP contribution < -0.4 is 0 Å². The van der Waals surface area contributed by atoms with Crippen LogP contribution in [-0.2, 0) is 9.53 Å². The average Bonchev–Trinajstić information content (AvgIpc) is 2.84. The molecule has 4 saturated carbocycles. The molecule has 142 valence electrons. The molecule has 0 aromatic carbocycles. The second kappa shape index (κ2) is 6.05. The van der Waals surface area contributed by atoms with Crippen molar-refractivity contribution in [3.05, 3.63) is 0 Å². The number of hydrogen-bond donors (Lipinski definition) is 1. The summed E-state index contributed by atoms with van der Waals surface area (Å²) in [6, 6.07) is 0. The lowest BCUT2D eigenvalue weighted by molar-refractivity contribution is -0.165. The maximum atomic E-state index is 12.7. The van der Waals surface area contributed by atoms with E-state index < -0.39 is 0 Å². The van der Waals surface area contributed by atoms with E-state index in [0.29, 0.717) is 35.4 Å². The zero-order valence-corrected chi connectivity index (χ0v) is 16.5. The molecule has 0 aromatic rings. The van der Waals surface area contributed by atoms with Crippen molar-refractivity contribution in [2.24, 2.45) is 40.4 Å². The predicted octanol–water partition coefficient (Wildman–Crippen LogP) is 4.22. The highest BCUT2D eigenvalue weighted by atomic mass is 16.5. The lowest BCUT2D eigenvalue weighted by Gasteiger charge is -2.61. The van der Waals surface area contributed by atoms with Crippen molar-refractivity contribution in [2.45, 2.75) is 84.3 Å². The van der Waals surface area contributed by atoms with Crippen LogP contribution in [0, 0.1) is 40.4 Å². The van der Waals surface area contributed by atoms with Crippen molar-refractivity contribution in [1.82, 2.24) is 0 Å². The van der Waals surface area contributed by atoms with Gasteiger partial charge in [-0.15, -0.1) is 0 Å². The van der Waals surface area contributed by atoms with E-state index in [0.717, 1.165) is 25.7 Å². The van der Waals surface area contributed by atoms with E-state index in [1.54, 1.807) is 7.11 Å². The fourth-order valence-electron chi connectivity index (χ4n) is 8.08. The third kappa shape index (κ3) is 2.41. The van der Waals surface area contributed by atoms with Crippen LogP contribution in [0.15, 0.2) is 0 Å². The van der Waals surface area contributed by atoms with Crippen molar-refractivity contribution in [3.8, 4) is 0 Å². The maximum absolute atomic E-state index is 12.7. The van der Waals surface area contributed by atoms with Crippen LogP contribution in [0.25, 0.3) is 0 Å². The highest BCUT2D eigenvalue weighted by molar-refractivity contribution is 5.84. The van der Waals surface area contributed by atoms with Crippen molar-refractivity contribution in [1.29, 1.82) is 0 Å². The maximum Gasteiger partial charge on any atom is 0.136 e. The molecule has 0 amide bonds. The van der Waals surface area contributed by atoms with Crippen molar-refractivity contribution < 1.29 is 14.6 Å². The van der Waals surface area contributed by atoms with Gasteiger partial charge >= 0.3 is 0 Å². The molecule has 1 N–H and O–H groups in total. The first-order chi connectivity index (χ1) is 11.8. The van der Waals surface area contributed by atoms with Crippen molar-refractivity contribution in [2.75, 3.05) is 7.11 Å². The number of ketones is 1. The minimum atomic E-state index is -0.300. The number of hydrogen-bond acceptors (Lipinski definition) is 3. The van der Waals surface area contributed by atoms with Crippen LogP contribution in [-0.4, -0.2) is 30.2 Å². The SMILES string of the molecule is CC[C@H]1C(=O)C[C@H]2[C@@H]3CC[C@H]4C[C@H](O)[C@H](OC)C[C@]4(C)[C@H]3CC[C@@]12C. The summed E-state index contributed by atoms with van der Waals surface area (Å²) in [5.41, 5.74) is 0.516. The summed E-state index contributed by atoms with van der Waals surface area (Å²) in [7, 11) is 1.75. The Morgan fingerprint density at radius 2 is 1.92 bits per heavy atom. The number of rotatable bonds is 2. The van der Waals surface area contributed by atoms with Gasteiger partial charge in [0.05, 0.1) is 12.2 Å². The summed E-state index contributed by atoms with van der Waals surface area (Å²) < 4.78 is 5.65. The molecular weight excluding hydrogens is 312 g/mol. The van der Waals surface area contributed by atoms with Gasteiger partial charge in [0, 0.05) is 19.4 Å². The Bertz CT molecular complexity index is 545. The van der Waals surface area contributed by atoms with Crippen LogP contribution in [0.3, 0.4) is 0 Å². The molecule has 0 aromatic heterocycles. The molecule has 4 fully saturated rings. The zero-order valence-electron chi connectivity index (χ0n) is 16.5. The second-order valence-electron chi connectivity index (χ2n) is 10.1. The number of ether oxygens (including phenoxy) is 1. The van der Waals surface area contributed by atoms with E-state index in [4.69, 9.17) is 4.74 Å². The van der Waals surface area contributed by atoms with Crippen LogP contribution >= 0.6 is 0 Å². The number of aliphatic hydroxyl groups excluding tert-OH is 1. The van der Waals surface area contributed by atoms with Gasteiger partial charge in [0.1, 0.15) is 5.78 Å². The van der Waals surface area contributed by atoms with E-state index in [1.807, 2.05) is 0 Å². The highest BCUT2D eigenvalue weighted by Gasteiger charge is 2.62. The molecule has 0 heterocycles. The Balaban J connectivity index is 1.64. The van der Waals surface area contributed by atoms with Gasteiger partial charge in [-0.1, -0.05) is 20.8 Å². The molecule has 3 nitrogen and oxygen atoms in total. The first-order valence-corrected chi connectivity index (χ1v) is 10.6. The van der Waals surface area contributed by atoms with Crippen molar-refractivity contribution in [3.63, 3.8) is 0 Å². The summed E-state index contributed by atoms with van der Waals surface area (Å²) in [6.07, 6.45) is 8.39. The van der Waals surface area contributed by atoms with Gasteiger partial charge in [0.15, 0.2) is 0 Å². The summed E-state index contributed by atoms with van der Waals surface area (Å²) in [5, 5.41) is 10.4. The van der Waals surface area contributed by atoms with E-state index in [1.165, 1.54) is 25.7 Å². The first kappa shape index (κ1) is 18.0. The molecule has 0 aliphatic heterocycles. The van der Waals surface area contributed by atoms with Gasteiger partial charge in [-0.3, -0.25) is 4.79 Å². The minimum Gasteiger partial charge on any atom is -0.390 e. The average molecular weight is 349 g/mol. The number of Topliss-reactive ketones (excluding diaryl/α,β-unsaturated/α-hetero) is 1. The molecule has 3 heteroatoms. The Labute approximate surface area is 152 Å². The Morgan fingerprint density at radius 1 is 1.16 bits per heavy atom. The van der Waals surface area contributed by atoms with Crippen molar-refractivity contribution >= 4 is 5.78 Å². The fraction of sp³-hybridized carbons (Fsp3) is 0.955. The van der Waals surface area contributed by atoms with Gasteiger partial charge in [-0.05, 0) is 79.4 Å². The first-order valence-electron chi connectivity index (χ1n) is 10.6. The molecular formula is C22H36O3. The number of carbonyl (C=O) groups is 1. The zero-order chi connectivity index (χ0) is 18.0. The molecule has 0 bridgehead atoms. The standard InChI is InChI=1S/C22H36O3/c1-5-15-18(23)11-17-14-7-6-13-10-19(24)20(25-4)12-22(13,3)16(14)8-9-21(15,17)2/h13-17,19-20,24H,5-12H2,1-4H3/t13-,14+,15-,16-,17-,19-,20+,21-,22-/m0/s1. The molecule has 0 spiro atoms. The van der Waals surface area contributed by atoms with Gasteiger partial charge in [0.2, 0.25) is 0 Å². The van der Waals surface area contributed by atoms with Gasteiger partial charge < -0.3 is 9.84 Å². The summed E-state index contributed by atoms with van der Waals surface area (Å²) in [5.74, 6) is 3.46. The molecule has 0 radical (unpaired) electrons. The molecule has 0 unspecified atom stereocenters. The quantitative estimate of drug-likeness (QED) is 0.813. The van der Waals surface area contributed by atoms with E-state index >= 15 is 0 Å². The molecule has 4 aliphatic rings. The molecule has 9 atom stereocenters. The van der Waals surface area contributed by atoms with Gasteiger partial charge in [0.25, 0.3) is 0 Å². The van der Waals surface area contributed by atoms with E-state index in [9.17, 15) is 9.90 Å². The summed E-state index contributed by atoms with van der Waals surface area (Å²) in [4.78, 5) is 12.7. The lowest BCUT2D eigenvalue weighted by atomic mass is 9.44. The molecule has 25 heavy (non-hydrogen) atoms. The normalized spacial score (nSPS) is 55.4. The number of aliphatic hydroxyl groups is 1. The predicted molar refractivity (Wildman–Crippen MR) is 98.1 cm³/mol. The summed E-state index contributed by atoms with van der Waals surface area (Å²) in [6.45, 7) is 7.10. The highest BCUT2D eigenvalue weighted by Crippen LogP contribution is 2.67. The monoisotopic (exact) mass is 348 g/mol. The number of methoxy groups -OCH3 is 1. The molecule has 0 saturated heterocycles. The third-order valence-electron chi connectivity index (χ3n) is 9.42. The van der Waals surface area contributed by atoms with Crippen LogP contribution in [0.5, 0.6) is 0 Å². The lowest BCUT2D eigenvalue weighted by Crippen LogP contribution is -2.56. The van der Waals surface area contributed by atoms with E-state index in [-0.39, 0.29) is 23.0 Å². The Hall–Kier alpha value is -0.410. The van der Waals surface area contributed by atoms with Crippen LogP contribution in [0.1, 0.15) is 72.1 Å². The van der Waals surface area contributed by atoms with E-state index in [2.05, 4.69) is 20.8 Å². The van der Waals surface area contributed by atoms with Crippen LogP contribution in [0.4, 0.5) is 0 Å².